The summed E-state index contributed by atoms with van der Waals surface area (Å²) in [7, 11) is 0. The molecule has 0 aliphatic heterocycles. The lowest BCUT2D eigenvalue weighted by molar-refractivity contribution is 0.0941. The number of carbonyl (C=O) groups excluding carboxylic acids is 1. The predicted octanol–water partition coefficient (Wildman–Crippen LogP) is 3.10. The number of rotatable bonds is 6. The van der Waals surface area contributed by atoms with Crippen molar-refractivity contribution >= 4 is 17.5 Å². The van der Waals surface area contributed by atoms with E-state index in [1.165, 1.54) is 4.68 Å². The summed E-state index contributed by atoms with van der Waals surface area (Å²) in [4.78, 5) is 12.0. The van der Waals surface area contributed by atoms with Crippen LogP contribution in [-0.2, 0) is 13.3 Å². The first-order valence-corrected chi connectivity index (χ1v) is 7.31. The Hall–Kier alpha value is -2.73. The van der Waals surface area contributed by atoms with Crippen molar-refractivity contribution in [3.63, 3.8) is 0 Å². The maximum Gasteiger partial charge on any atom is 0.272 e. The molecule has 0 aliphatic carbocycles. The SMILES string of the molecule is O=C(NCc1ccco1)c1ccn(COc2ccc(Cl)cc2)n1. The topological polar surface area (TPSA) is 69.3 Å². The average Bonchev–Trinajstić information content (AvgIpc) is 3.24. The molecule has 118 valence electrons. The Morgan fingerprint density at radius 1 is 1.26 bits per heavy atom. The van der Waals surface area contributed by atoms with Gasteiger partial charge in [-0.05, 0) is 42.5 Å². The van der Waals surface area contributed by atoms with E-state index >= 15 is 0 Å². The van der Waals surface area contributed by atoms with Gasteiger partial charge in [0.1, 0.15) is 17.2 Å². The molecule has 0 radical (unpaired) electrons. The third kappa shape index (κ3) is 4.14. The Morgan fingerprint density at radius 2 is 2.09 bits per heavy atom. The maximum atomic E-state index is 12.0. The third-order valence-electron chi connectivity index (χ3n) is 3.05. The number of carbonyl (C=O) groups is 1. The minimum atomic E-state index is -0.272. The van der Waals surface area contributed by atoms with Crippen LogP contribution < -0.4 is 10.1 Å². The number of halogens is 1. The fourth-order valence-electron chi connectivity index (χ4n) is 1.90. The van der Waals surface area contributed by atoms with Crippen LogP contribution in [0.2, 0.25) is 5.02 Å². The Kier molecular flexibility index (Phi) is 4.63. The minimum Gasteiger partial charge on any atom is -0.471 e. The number of aromatic nitrogens is 2. The molecule has 2 aromatic heterocycles. The first kappa shape index (κ1) is 15.2. The van der Waals surface area contributed by atoms with E-state index in [1.54, 1.807) is 54.9 Å². The Labute approximate surface area is 137 Å². The van der Waals surface area contributed by atoms with Crippen LogP contribution in [0, 0.1) is 0 Å². The number of furan rings is 1. The summed E-state index contributed by atoms with van der Waals surface area (Å²) in [6, 6.07) is 12.2. The highest BCUT2D eigenvalue weighted by atomic mass is 35.5. The lowest BCUT2D eigenvalue weighted by Crippen LogP contribution is -2.23. The molecule has 23 heavy (non-hydrogen) atoms. The van der Waals surface area contributed by atoms with Crippen molar-refractivity contribution < 1.29 is 13.9 Å². The number of hydrogen-bond acceptors (Lipinski definition) is 4. The van der Waals surface area contributed by atoms with Gasteiger partial charge in [-0.25, -0.2) is 4.68 Å². The van der Waals surface area contributed by atoms with Crippen LogP contribution >= 0.6 is 11.6 Å². The van der Waals surface area contributed by atoms with E-state index in [1.807, 2.05) is 0 Å². The highest BCUT2D eigenvalue weighted by Gasteiger charge is 2.10. The van der Waals surface area contributed by atoms with Gasteiger partial charge in [0.2, 0.25) is 0 Å². The molecule has 0 bridgehead atoms. The summed E-state index contributed by atoms with van der Waals surface area (Å²) >= 11 is 5.81. The van der Waals surface area contributed by atoms with Crippen LogP contribution in [0.4, 0.5) is 0 Å². The van der Waals surface area contributed by atoms with Gasteiger partial charge < -0.3 is 14.5 Å². The third-order valence-corrected chi connectivity index (χ3v) is 3.31. The Morgan fingerprint density at radius 3 is 2.83 bits per heavy atom. The van der Waals surface area contributed by atoms with E-state index < -0.39 is 0 Å². The molecule has 1 aromatic carbocycles. The molecular formula is C16H14ClN3O3. The zero-order chi connectivity index (χ0) is 16.1. The molecule has 0 atom stereocenters. The summed E-state index contributed by atoms with van der Waals surface area (Å²) < 4.78 is 12.2. The molecule has 0 spiro atoms. The number of ether oxygens (including phenoxy) is 1. The molecule has 2 heterocycles. The van der Waals surface area contributed by atoms with E-state index in [4.69, 9.17) is 20.8 Å². The second kappa shape index (κ2) is 7.02. The van der Waals surface area contributed by atoms with E-state index in [-0.39, 0.29) is 12.6 Å². The van der Waals surface area contributed by atoms with Crippen LogP contribution in [-0.4, -0.2) is 15.7 Å². The molecule has 1 N–H and O–H groups in total. The number of amides is 1. The summed E-state index contributed by atoms with van der Waals surface area (Å²) in [5.41, 5.74) is 0.316. The first-order chi connectivity index (χ1) is 11.2. The summed E-state index contributed by atoms with van der Waals surface area (Å²) in [5, 5.41) is 7.54. The molecule has 0 saturated carbocycles. The van der Waals surface area contributed by atoms with Gasteiger partial charge >= 0.3 is 0 Å². The second-order valence-electron chi connectivity index (χ2n) is 4.73. The molecule has 7 heteroatoms. The van der Waals surface area contributed by atoms with Crippen LogP contribution in [0.3, 0.4) is 0 Å². The van der Waals surface area contributed by atoms with Crippen molar-refractivity contribution in [3.05, 3.63) is 71.4 Å². The molecule has 0 unspecified atom stereocenters. The van der Waals surface area contributed by atoms with E-state index in [2.05, 4.69) is 10.4 Å². The van der Waals surface area contributed by atoms with Crippen molar-refractivity contribution in [3.8, 4) is 5.75 Å². The van der Waals surface area contributed by atoms with Crippen molar-refractivity contribution in [2.24, 2.45) is 0 Å². The van der Waals surface area contributed by atoms with Crippen LogP contribution in [0.15, 0.2) is 59.3 Å². The van der Waals surface area contributed by atoms with Crippen molar-refractivity contribution in [2.75, 3.05) is 0 Å². The molecule has 1 amide bonds. The lowest BCUT2D eigenvalue weighted by Gasteiger charge is -2.06. The van der Waals surface area contributed by atoms with Crippen LogP contribution in [0.1, 0.15) is 16.2 Å². The molecule has 0 saturated heterocycles. The van der Waals surface area contributed by atoms with Crippen LogP contribution in [0.5, 0.6) is 5.75 Å². The van der Waals surface area contributed by atoms with Gasteiger partial charge in [-0.1, -0.05) is 11.6 Å². The van der Waals surface area contributed by atoms with Crippen molar-refractivity contribution in [1.82, 2.24) is 15.1 Å². The normalized spacial score (nSPS) is 10.5. The van der Waals surface area contributed by atoms with Gasteiger partial charge in [0.05, 0.1) is 12.8 Å². The molecule has 3 rings (SSSR count). The molecule has 0 fully saturated rings. The van der Waals surface area contributed by atoms with E-state index in [9.17, 15) is 4.79 Å². The number of nitrogens with zero attached hydrogens (tertiary/aromatic N) is 2. The molecular weight excluding hydrogens is 318 g/mol. The molecule has 0 aliphatic rings. The zero-order valence-electron chi connectivity index (χ0n) is 12.1. The summed E-state index contributed by atoms with van der Waals surface area (Å²) in [6.45, 7) is 0.521. The monoisotopic (exact) mass is 331 g/mol. The van der Waals surface area contributed by atoms with E-state index in [0.717, 1.165) is 0 Å². The quantitative estimate of drug-likeness (QED) is 0.753. The van der Waals surface area contributed by atoms with Crippen molar-refractivity contribution in [1.29, 1.82) is 0 Å². The maximum absolute atomic E-state index is 12.0. The largest absolute Gasteiger partial charge is 0.471 e. The van der Waals surface area contributed by atoms with Gasteiger partial charge in [-0.15, -0.1) is 0 Å². The van der Waals surface area contributed by atoms with Gasteiger partial charge in [0.25, 0.3) is 5.91 Å². The van der Waals surface area contributed by atoms with Gasteiger partial charge in [0.15, 0.2) is 6.73 Å². The summed E-state index contributed by atoms with van der Waals surface area (Å²) in [5.74, 6) is 1.09. The smallest absolute Gasteiger partial charge is 0.272 e. The Bertz CT molecular complexity index is 766. The molecule has 3 aromatic rings. The fraction of sp³-hybridized carbons (Fsp3) is 0.125. The molecule has 6 nitrogen and oxygen atoms in total. The van der Waals surface area contributed by atoms with Gasteiger partial charge in [-0.3, -0.25) is 4.79 Å². The summed E-state index contributed by atoms with van der Waals surface area (Å²) in [6.07, 6.45) is 3.24. The highest BCUT2D eigenvalue weighted by Crippen LogP contribution is 2.15. The fourth-order valence-corrected chi connectivity index (χ4v) is 2.02. The minimum absolute atomic E-state index is 0.201. The first-order valence-electron chi connectivity index (χ1n) is 6.93. The number of nitrogens with one attached hydrogen (secondary N) is 1. The second-order valence-corrected chi connectivity index (χ2v) is 5.17. The lowest BCUT2D eigenvalue weighted by atomic mass is 10.3. The Balaban J connectivity index is 1.52. The standard InChI is InChI=1S/C16H14ClN3O3/c17-12-3-5-13(6-4-12)23-11-20-8-7-15(19-20)16(21)18-10-14-2-1-9-22-14/h1-9H,10-11H2,(H,18,21). The number of benzene rings is 1. The highest BCUT2D eigenvalue weighted by molar-refractivity contribution is 6.30. The van der Waals surface area contributed by atoms with Crippen LogP contribution in [0.25, 0.3) is 0 Å². The van der Waals surface area contributed by atoms with E-state index in [0.29, 0.717) is 28.8 Å². The van der Waals surface area contributed by atoms with Crippen molar-refractivity contribution in [2.45, 2.75) is 13.3 Å². The zero-order valence-corrected chi connectivity index (χ0v) is 12.9. The average molecular weight is 332 g/mol. The number of hydrogen-bond donors (Lipinski definition) is 1. The predicted molar refractivity (Wildman–Crippen MR) is 84.2 cm³/mol. The van der Waals surface area contributed by atoms with Gasteiger partial charge in [-0.2, -0.15) is 5.10 Å². The van der Waals surface area contributed by atoms with Gasteiger partial charge in [0, 0.05) is 11.2 Å².